The van der Waals surface area contributed by atoms with Gasteiger partial charge in [0, 0.05) is 6.61 Å². The lowest BCUT2D eigenvalue weighted by atomic mass is 10.2. The molecule has 0 aliphatic carbocycles. The average molecular weight is 295 g/mol. The van der Waals surface area contributed by atoms with E-state index in [4.69, 9.17) is 4.43 Å². The molecule has 20 heavy (non-hydrogen) atoms. The Morgan fingerprint density at radius 3 is 1.95 bits per heavy atom. The van der Waals surface area contributed by atoms with Crippen LogP contribution in [0.3, 0.4) is 0 Å². The third-order valence-corrected chi connectivity index (χ3v) is 8.38. The van der Waals surface area contributed by atoms with Gasteiger partial charge in [0.25, 0.3) is 0 Å². The van der Waals surface area contributed by atoms with E-state index in [9.17, 15) is 0 Å². The molecule has 0 aliphatic rings. The third kappa shape index (κ3) is 9.32. The molecule has 0 spiro atoms. The maximum Gasteiger partial charge on any atom is 0.191 e. The summed E-state index contributed by atoms with van der Waals surface area (Å²) in [4.78, 5) is 0. The highest BCUT2D eigenvalue weighted by Gasteiger charge is 2.36. The fourth-order valence-electron chi connectivity index (χ4n) is 1.39. The molecule has 0 N–H and O–H groups in total. The number of hydrogen-bond acceptors (Lipinski definition) is 1. The SMILES string of the molecule is CCC/C=C/C=C/C=C/CCCO[Si](C)(C)C(C)(C)C. The first-order valence-electron chi connectivity index (χ1n) is 7.93. The van der Waals surface area contributed by atoms with E-state index < -0.39 is 8.32 Å². The van der Waals surface area contributed by atoms with Gasteiger partial charge in [0.05, 0.1) is 0 Å². The van der Waals surface area contributed by atoms with E-state index in [0.29, 0.717) is 5.04 Å². The summed E-state index contributed by atoms with van der Waals surface area (Å²) in [7, 11) is -1.55. The summed E-state index contributed by atoms with van der Waals surface area (Å²) in [5, 5.41) is 0.316. The number of unbranched alkanes of at least 4 members (excludes halogenated alkanes) is 2. The standard InChI is InChI=1S/C18H34OSi/c1-7-8-9-10-11-12-13-14-15-16-17-19-20(5,6)18(2,3)4/h9-14H,7-8,15-17H2,1-6H3/b10-9+,12-11+,14-13+. The van der Waals surface area contributed by atoms with Crippen LogP contribution in [0.4, 0.5) is 0 Å². The predicted octanol–water partition coefficient (Wildman–Crippen LogP) is 6.26. The largest absolute Gasteiger partial charge is 0.417 e. The first-order valence-corrected chi connectivity index (χ1v) is 10.8. The van der Waals surface area contributed by atoms with Gasteiger partial charge in [-0.1, -0.05) is 70.6 Å². The Hall–Kier alpha value is -0.603. The molecule has 116 valence electrons. The van der Waals surface area contributed by atoms with Crippen molar-refractivity contribution in [2.24, 2.45) is 0 Å². The molecule has 0 amide bonds. The van der Waals surface area contributed by atoms with Gasteiger partial charge in [0.2, 0.25) is 0 Å². The summed E-state index contributed by atoms with van der Waals surface area (Å²) in [5.41, 5.74) is 0. The zero-order valence-corrected chi connectivity index (χ0v) is 15.4. The smallest absolute Gasteiger partial charge is 0.191 e. The van der Waals surface area contributed by atoms with Crippen molar-refractivity contribution in [1.29, 1.82) is 0 Å². The van der Waals surface area contributed by atoms with Crippen molar-refractivity contribution in [3.8, 4) is 0 Å². The zero-order valence-electron chi connectivity index (χ0n) is 14.4. The second-order valence-electron chi connectivity index (χ2n) is 6.78. The van der Waals surface area contributed by atoms with Crippen molar-refractivity contribution in [2.45, 2.75) is 71.5 Å². The second-order valence-corrected chi connectivity index (χ2v) is 11.6. The summed E-state index contributed by atoms with van der Waals surface area (Å²) in [5.74, 6) is 0. The summed E-state index contributed by atoms with van der Waals surface area (Å²) < 4.78 is 6.14. The molecule has 0 aliphatic heterocycles. The van der Waals surface area contributed by atoms with E-state index in [1.165, 1.54) is 12.8 Å². The van der Waals surface area contributed by atoms with E-state index in [0.717, 1.165) is 19.4 Å². The number of rotatable bonds is 9. The van der Waals surface area contributed by atoms with Crippen LogP contribution >= 0.6 is 0 Å². The van der Waals surface area contributed by atoms with Gasteiger partial charge in [-0.05, 0) is 37.4 Å². The van der Waals surface area contributed by atoms with Gasteiger partial charge in [-0.2, -0.15) is 0 Å². The molecule has 0 saturated heterocycles. The molecular formula is C18H34OSi. The van der Waals surface area contributed by atoms with Crippen molar-refractivity contribution in [1.82, 2.24) is 0 Å². The van der Waals surface area contributed by atoms with Gasteiger partial charge >= 0.3 is 0 Å². The molecule has 0 bridgehead atoms. The van der Waals surface area contributed by atoms with Crippen molar-refractivity contribution in [3.63, 3.8) is 0 Å². The fourth-order valence-corrected chi connectivity index (χ4v) is 2.48. The molecule has 0 aromatic carbocycles. The number of allylic oxidation sites excluding steroid dienone is 6. The quantitative estimate of drug-likeness (QED) is 0.277. The van der Waals surface area contributed by atoms with Crippen molar-refractivity contribution in [3.05, 3.63) is 36.5 Å². The van der Waals surface area contributed by atoms with Crippen molar-refractivity contribution >= 4 is 8.32 Å². The van der Waals surface area contributed by atoms with Gasteiger partial charge in [-0.25, -0.2) is 0 Å². The van der Waals surface area contributed by atoms with E-state index in [1.807, 2.05) is 0 Å². The summed E-state index contributed by atoms with van der Waals surface area (Å²) in [6, 6.07) is 0. The highest BCUT2D eigenvalue weighted by molar-refractivity contribution is 6.74. The van der Waals surface area contributed by atoms with Crippen molar-refractivity contribution < 1.29 is 4.43 Å². The molecule has 2 heteroatoms. The molecule has 0 heterocycles. The van der Waals surface area contributed by atoms with E-state index in [-0.39, 0.29) is 0 Å². The average Bonchev–Trinajstić information content (AvgIpc) is 2.34. The van der Waals surface area contributed by atoms with Crippen LogP contribution in [0, 0.1) is 0 Å². The molecule has 0 aromatic heterocycles. The molecule has 0 saturated carbocycles. The highest BCUT2D eigenvalue weighted by Crippen LogP contribution is 2.36. The lowest BCUT2D eigenvalue weighted by molar-refractivity contribution is 0.283. The van der Waals surface area contributed by atoms with Gasteiger partial charge in [-0.3, -0.25) is 0 Å². The summed E-state index contributed by atoms with van der Waals surface area (Å²) in [6.07, 6.45) is 17.5. The van der Waals surface area contributed by atoms with E-state index in [2.05, 4.69) is 77.2 Å². The van der Waals surface area contributed by atoms with Crippen LogP contribution in [0.5, 0.6) is 0 Å². The molecule has 0 rings (SSSR count). The number of hydrogen-bond donors (Lipinski definition) is 0. The summed E-state index contributed by atoms with van der Waals surface area (Å²) in [6.45, 7) is 14.6. The predicted molar refractivity (Wildman–Crippen MR) is 94.7 cm³/mol. The molecule has 0 radical (unpaired) electrons. The molecule has 0 aromatic rings. The lowest BCUT2D eigenvalue weighted by Gasteiger charge is -2.36. The minimum atomic E-state index is -1.55. The fraction of sp³-hybridized carbons (Fsp3) is 0.667. The first kappa shape index (κ1) is 19.4. The second kappa shape index (κ2) is 10.2. The molecule has 0 atom stereocenters. The summed E-state index contributed by atoms with van der Waals surface area (Å²) >= 11 is 0. The van der Waals surface area contributed by atoms with Gasteiger partial charge in [-0.15, -0.1) is 0 Å². The molecule has 0 unspecified atom stereocenters. The van der Waals surface area contributed by atoms with Crippen LogP contribution < -0.4 is 0 Å². The van der Waals surface area contributed by atoms with Crippen LogP contribution in [0.1, 0.15) is 53.4 Å². The molecule has 0 fully saturated rings. The zero-order chi connectivity index (χ0) is 15.5. The Balaban J connectivity index is 3.72. The maximum absolute atomic E-state index is 6.14. The Morgan fingerprint density at radius 1 is 0.900 bits per heavy atom. The molecular weight excluding hydrogens is 260 g/mol. The Bertz CT molecular complexity index is 319. The Morgan fingerprint density at radius 2 is 1.45 bits per heavy atom. The monoisotopic (exact) mass is 294 g/mol. The van der Waals surface area contributed by atoms with E-state index >= 15 is 0 Å². The van der Waals surface area contributed by atoms with Crippen LogP contribution in [0.2, 0.25) is 18.1 Å². The first-order chi connectivity index (χ1) is 9.31. The van der Waals surface area contributed by atoms with Gasteiger partial charge in [0.15, 0.2) is 8.32 Å². The minimum absolute atomic E-state index is 0.316. The Labute approximate surface area is 127 Å². The minimum Gasteiger partial charge on any atom is -0.417 e. The highest BCUT2D eigenvalue weighted by atomic mass is 28.4. The normalized spacial score (nSPS) is 14.1. The Kier molecular flexibility index (Phi) is 9.86. The van der Waals surface area contributed by atoms with Crippen LogP contribution in [0.15, 0.2) is 36.5 Å². The van der Waals surface area contributed by atoms with E-state index in [1.54, 1.807) is 0 Å². The van der Waals surface area contributed by atoms with Gasteiger partial charge in [0.1, 0.15) is 0 Å². The van der Waals surface area contributed by atoms with Crippen LogP contribution in [0.25, 0.3) is 0 Å². The topological polar surface area (TPSA) is 9.23 Å². The van der Waals surface area contributed by atoms with Crippen LogP contribution in [-0.2, 0) is 4.43 Å². The third-order valence-electron chi connectivity index (χ3n) is 3.85. The van der Waals surface area contributed by atoms with Gasteiger partial charge < -0.3 is 4.43 Å². The molecule has 1 nitrogen and oxygen atoms in total. The van der Waals surface area contributed by atoms with Crippen LogP contribution in [-0.4, -0.2) is 14.9 Å². The van der Waals surface area contributed by atoms with Crippen molar-refractivity contribution in [2.75, 3.05) is 6.61 Å². The maximum atomic E-state index is 6.14. The lowest BCUT2D eigenvalue weighted by Crippen LogP contribution is -2.40.